The van der Waals surface area contributed by atoms with Crippen molar-refractivity contribution in [2.75, 3.05) is 6.61 Å². The van der Waals surface area contributed by atoms with Gasteiger partial charge in [0.05, 0.1) is 6.61 Å². The van der Waals surface area contributed by atoms with Gasteiger partial charge in [-0.05, 0) is 18.2 Å². The lowest BCUT2D eigenvalue weighted by Gasteiger charge is -2.22. The van der Waals surface area contributed by atoms with Crippen LogP contribution in [-0.2, 0) is 10.5 Å². The maximum absolute atomic E-state index is 6.05. The smallest absolute Gasteiger partial charge is 0.219 e. The van der Waals surface area contributed by atoms with E-state index in [1.807, 2.05) is 11.8 Å². The Hall–Kier alpha value is -1.09. The Labute approximate surface area is 119 Å². The minimum atomic E-state index is -1.88. The van der Waals surface area contributed by atoms with Crippen molar-refractivity contribution in [1.82, 2.24) is 0 Å². The van der Waals surface area contributed by atoms with Crippen LogP contribution in [-0.4, -0.2) is 23.0 Å². The van der Waals surface area contributed by atoms with E-state index in [4.69, 9.17) is 4.43 Å². The van der Waals surface area contributed by atoms with E-state index in [1.165, 1.54) is 5.56 Å². The van der Waals surface area contributed by atoms with Crippen LogP contribution in [0.15, 0.2) is 42.6 Å². The summed E-state index contributed by atoms with van der Waals surface area (Å²) in [5.41, 5.74) is 6.66. The first-order valence-corrected chi connectivity index (χ1v) is 12.9. The van der Waals surface area contributed by atoms with Crippen LogP contribution >= 0.6 is 0 Å². The predicted molar refractivity (Wildman–Crippen MR) is 89.0 cm³/mol. The molecule has 0 aliphatic carbocycles. The summed E-state index contributed by atoms with van der Waals surface area (Å²) in [5.74, 6) is 3.18. The van der Waals surface area contributed by atoms with Crippen LogP contribution in [0, 0.1) is 11.5 Å². The summed E-state index contributed by atoms with van der Waals surface area (Å²) in [7, 11) is -3.17. The van der Waals surface area contributed by atoms with E-state index < -0.39 is 16.4 Å². The van der Waals surface area contributed by atoms with Gasteiger partial charge in [-0.2, -0.15) is 0 Å². The van der Waals surface area contributed by atoms with E-state index in [2.05, 4.69) is 68.5 Å². The summed E-state index contributed by atoms with van der Waals surface area (Å²) in [6.07, 6.45) is 0. The van der Waals surface area contributed by atoms with Crippen molar-refractivity contribution in [2.45, 2.75) is 32.2 Å². The summed E-state index contributed by atoms with van der Waals surface area (Å²) in [6.45, 7) is 13.4. The molecule has 0 aliphatic heterocycles. The topological polar surface area (TPSA) is 9.23 Å². The number of benzene rings is 1. The van der Waals surface area contributed by atoms with Gasteiger partial charge in [0.1, 0.15) is 8.07 Å². The van der Waals surface area contributed by atoms with Crippen molar-refractivity contribution in [1.29, 1.82) is 0 Å². The molecule has 1 atom stereocenters. The zero-order chi connectivity index (χ0) is 14.4. The van der Waals surface area contributed by atoms with Crippen molar-refractivity contribution in [2.24, 2.45) is 0 Å². The standard InChI is InChI=1S/C16H24OSi2/c1-6-19(5,15-16-11-8-7-9-12-16)17-13-10-14-18(2,3)4/h6-9,11-12H,1,13,15H2,2-5H3. The Morgan fingerprint density at radius 3 is 2.32 bits per heavy atom. The average Bonchev–Trinajstić information content (AvgIpc) is 2.35. The Morgan fingerprint density at radius 1 is 1.16 bits per heavy atom. The first-order chi connectivity index (χ1) is 8.85. The van der Waals surface area contributed by atoms with E-state index >= 15 is 0 Å². The highest BCUT2D eigenvalue weighted by molar-refractivity contribution is 6.83. The first-order valence-electron chi connectivity index (χ1n) is 6.66. The Morgan fingerprint density at radius 2 is 1.79 bits per heavy atom. The Balaban J connectivity index is 2.60. The lowest BCUT2D eigenvalue weighted by Crippen LogP contribution is -2.36. The van der Waals surface area contributed by atoms with Gasteiger partial charge in [-0.15, -0.1) is 12.1 Å². The van der Waals surface area contributed by atoms with Crippen LogP contribution in [0.4, 0.5) is 0 Å². The van der Waals surface area contributed by atoms with Gasteiger partial charge in [-0.25, -0.2) is 0 Å². The fourth-order valence-electron chi connectivity index (χ4n) is 1.69. The highest BCUT2D eigenvalue weighted by Gasteiger charge is 2.25. The molecule has 0 saturated carbocycles. The molecular weight excluding hydrogens is 264 g/mol. The van der Waals surface area contributed by atoms with E-state index in [0.717, 1.165) is 6.04 Å². The largest absolute Gasteiger partial charge is 0.402 e. The first kappa shape index (κ1) is 16.0. The second kappa shape index (κ2) is 6.90. The van der Waals surface area contributed by atoms with Gasteiger partial charge in [0.2, 0.25) is 8.32 Å². The lowest BCUT2D eigenvalue weighted by atomic mass is 10.2. The van der Waals surface area contributed by atoms with E-state index in [9.17, 15) is 0 Å². The summed E-state index contributed by atoms with van der Waals surface area (Å²) in [6, 6.07) is 11.4. The highest BCUT2D eigenvalue weighted by atomic mass is 28.4. The SMILES string of the molecule is C=C[Si](C)(Cc1ccccc1)OCC#C[Si](C)(C)C. The second-order valence-electron chi connectivity index (χ2n) is 6.02. The van der Waals surface area contributed by atoms with Gasteiger partial charge < -0.3 is 4.43 Å². The minimum absolute atomic E-state index is 0.534. The van der Waals surface area contributed by atoms with Gasteiger partial charge in [0.15, 0.2) is 0 Å². The number of hydrogen-bond acceptors (Lipinski definition) is 1. The predicted octanol–water partition coefficient (Wildman–Crippen LogP) is 3.97. The number of rotatable bonds is 5. The molecule has 1 rings (SSSR count). The van der Waals surface area contributed by atoms with Gasteiger partial charge in [-0.3, -0.25) is 0 Å². The molecule has 3 heteroatoms. The molecule has 0 aromatic heterocycles. The van der Waals surface area contributed by atoms with E-state index in [1.54, 1.807) is 0 Å². The van der Waals surface area contributed by atoms with Gasteiger partial charge in [-0.1, -0.05) is 61.6 Å². The normalized spacial score (nSPS) is 14.1. The molecule has 1 nitrogen and oxygen atoms in total. The molecule has 0 amide bonds. The van der Waals surface area contributed by atoms with E-state index in [-0.39, 0.29) is 0 Å². The van der Waals surface area contributed by atoms with Crippen LogP contribution in [0.25, 0.3) is 0 Å². The van der Waals surface area contributed by atoms with Crippen LogP contribution in [0.2, 0.25) is 26.2 Å². The van der Waals surface area contributed by atoms with Crippen LogP contribution < -0.4 is 0 Å². The molecule has 1 aromatic carbocycles. The maximum atomic E-state index is 6.05. The summed E-state index contributed by atoms with van der Waals surface area (Å²) in [5, 5.41) is 0. The molecule has 1 aromatic rings. The number of hydrogen-bond donors (Lipinski definition) is 0. The molecule has 0 heterocycles. The molecule has 0 aliphatic rings. The van der Waals surface area contributed by atoms with Crippen molar-refractivity contribution in [3.05, 3.63) is 48.2 Å². The average molecular weight is 289 g/mol. The minimum Gasteiger partial charge on any atom is -0.402 e. The highest BCUT2D eigenvalue weighted by Crippen LogP contribution is 2.14. The van der Waals surface area contributed by atoms with Gasteiger partial charge >= 0.3 is 0 Å². The summed E-state index contributed by atoms with van der Waals surface area (Å²) >= 11 is 0. The maximum Gasteiger partial charge on any atom is 0.219 e. The molecule has 1 unspecified atom stereocenters. The molecule has 0 saturated heterocycles. The molecule has 0 bridgehead atoms. The van der Waals surface area contributed by atoms with Crippen molar-refractivity contribution in [3.8, 4) is 11.5 Å². The lowest BCUT2D eigenvalue weighted by molar-refractivity contribution is 0.363. The molecule has 19 heavy (non-hydrogen) atoms. The Bertz CT molecular complexity index is 465. The monoisotopic (exact) mass is 288 g/mol. The zero-order valence-electron chi connectivity index (χ0n) is 12.5. The third-order valence-corrected chi connectivity index (χ3v) is 6.47. The molecule has 102 valence electrons. The molecule has 0 spiro atoms. The second-order valence-corrected chi connectivity index (χ2v) is 14.4. The van der Waals surface area contributed by atoms with Crippen LogP contribution in [0.1, 0.15) is 5.56 Å². The van der Waals surface area contributed by atoms with Gasteiger partial charge in [0.25, 0.3) is 0 Å². The van der Waals surface area contributed by atoms with Crippen molar-refractivity contribution >= 4 is 16.4 Å². The van der Waals surface area contributed by atoms with Crippen molar-refractivity contribution < 1.29 is 4.43 Å². The summed E-state index contributed by atoms with van der Waals surface area (Å²) in [4.78, 5) is 0. The van der Waals surface area contributed by atoms with Crippen LogP contribution in [0.5, 0.6) is 0 Å². The fourth-order valence-corrected chi connectivity index (χ4v) is 4.10. The van der Waals surface area contributed by atoms with Crippen molar-refractivity contribution in [3.63, 3.8) is 0 Å². The quantitative estimate of drug-likeness (QED) is 0.588. The molecule has 0 fully saturated rings. The third kappa shape index (κ3) is 6.58. The summed E-state index contributed by atoms with van der Waals surface area (Å²) < 4.78 is 6.05. The molecule has 0 radical (unpaired) electrons. The molecule has 0 N–H and O–H groups in total. The zero-order valence-corrected chi connectivity index (χ0v) is 14.5. The Kier molecular flexibility index (Phi) is 5.80. The van der Waals surface area contributed by atoms with Crippen LogP contribution in [0.3, 0.4) is 0 Å². The molecular formula is C16H24OSi2. The van der Waals surface area contributed by atoms with E-state index in [0.29, 0.717) is 6.61 Å². The van der Waals surface area contributed by atoms with Gasteiger partial charge in [0, 0.05) is 0 Å². The fraction of sp³-hybridized carbons (Fsp3) is 0.375. The third-order valence-electron chi connectivity index (χ3n) is 2.77.